The molecule has 1 heterocycles. The predicted molar refractivity (Wildman–Crippen MR) is 105 cm³/mol. The Balaban J connectivity index is 1.59. The lowest BCUT2D eigenvalue weighted by Gasteiger charge is -2.34. The molecule has 2 aromatic rings. The molecule has 1 fully saturated rings. The van der Waals surface area contributed by atoms with Crippen molar-refractivity contribution in [1.29, 1.82) is 0 Å². The Labute approximate surface area is 164 Å². The molecule has 3 rings (SSSR count). The van der Waals surface area contributed by atoms with E-state index in [1.165, 1.54) is 4.31 Å². The monoisotopic (exact) mass is 408 g/mol. The molecule has 0 radical (unpaired) electrons. The van der Waals surface area contributed by atoms with Gasteiger partial charge in [0.15, 0.2) is 6.04 Å². The molecule has 1 saturated heterocycles. The molecule has 2 N–H and O–H groups in total. The van der Waals surface area contributed by atoms with Crippen molar-refractivity contribution in [2.24, 2.45) is 0 Å². The summed E-state index contributed by atoms with van der Waals surface area (Å²) in [7, 11) is -3.48. The first-order valence-corrected chi connectivity index (χ1v) is 10.7. The summed E-state index contributed by atoms with van der Waals surface area (Å²) in [6.07, 6.45) is 0. The minimum absolute atomic E-state index is 0.105. The molecule has 1 aliphatic heterocycles. The van der Waals surface area contributed by atoms with Crippen molar-refractivity contribution in [2.75, 3.05) is 31.5 Å². The molecule has 0 saturated carbocycles. The third-order valence-corrected chi connectivity index (χ3v) is 6.99. The Morgan fingerprint density at radius 3 is 2.41 bits per heavy atom. The Hall–Kier alpha value is -1.93. The standard InChI is InChI=1S/C19H22ClN3O3S/c1-15(19(24)21-17-7-5-6-16(20)14-17)22-10-12-23(13-11-22)27(25,26)18-8-3-2-4-9-18/h2-9,14-15H,10-13H2,1H3,(H,21,24)/p+1/t15-/m1/s1. The second-order valence-electron chi connectivity index (χ2n) is 6.60. The number of sulfonamides is 1. The van der Waals surface area contributed by atoms with Crippen LogP contribution in [0.4, 0.5) is 5.69 Å². The minimum atomic E-state index is -3.48. The zero-order valence-electron chi connectivity index (χ0n) is 15.1. The molecule has 1 atom stereocenters. The highest BCUT2D eigenvalue weighted by Crippen LogP contribution is 2.16. The van der Waals surface area contributed by atoms with E-state index in [4.69, 9.17) is 11.6 Å². The highest BCUT2D eigenvalue weighted by molar-refractivity contribution is 7.89. The van der Waals surface area contributed by atoms with Gasteiger partial charge in [0, 0.05) is 10.7 Å². The highest BCUT2D eigenvalue weighted by atomic mass is 35.5. The van der Waals surface area contributed by atoms with Gasteiger partial charge in [-0.2, -0.15) is 4.31 Å². The quantitative estimate of drug-likeness (QED) is 0.782. The molecule has 0 unspecified atom stereocenters. The van der Waals surface area contributed by atoms with Crippen molar-refractivity contribution >= 4 is 33.2 Å². The molecule has 144 valence electrons. The first-order valence-electron chi connectivity index (χ1n) is 8.84. The Kier molecular flexibility index (Phi) is 6.16. The molecule has 2 aromatic carbocycles. The van der Waals surface area contributed by atoms with Crippen LogP contribution in [0, 0.1) is 0 Å². The molecule has 6 nitrogen and oxygen atoms in total. The van der Waals surface area contributed by atoms with E-state index in [0.717, 1.165) is 4.90 Å². The van der Waals surface area contributed by atoms with E-state index in [2.05, 4.69) is 5.32 Å². The van der Waals surface area contributed by atoms with Crippen LogP contribution in [0.1, 0.15) is 6.92 Å². The maximum absolute atomic E-state index is 12.7. The number of hydrogen-bond donors (Lipinski definition) is 2. The molecular formula is C19H23ClN3O3S+. The van der Waals surface area contributed by atoms with Gasteiger partial charge in [0.2, 0.25) is 10.0 Å². The number of nitrogens with zero attached hydrogens (tertiary/aromatic N) is 1. The fourth-order valence-corrected chi connectivity index (χ4v) is 4.84. The number of amides is 1. The van der Waals surface area contributed by atoms with Crippen molar-refractivity contribution < 1.29 is 18.1 Å². The third-order valence-electron chi connectivity index (χ3n) is 4.84. The van der Waals surface area contributed by atoms with Crippen molar-refractivity contribution in [2.45, 2.75) is 17.9 Å². The maximum Gasteiger partial charge on any atom is 0.282 e. The van der Waals surface area contributed by atoms with Gasteiger partial charge in [-0.1, -0.05) is 35.9 Å². The number of anilines is 1. The lowest BCUT2D eigenvalue weighted by atomic mass is 10.2. The topological polar surface area (TPSA) is 70.9 Å². The van der Waals surface area contributed by atoms with Crippen LogP contribution in [0.3, 0.4) is 0 Å². The fourth-order valence-electron chi connectivity index (χ4n) is 3.19. The summed E-state index contributed by atoms with van der Waals surface area (Å²) in [5, 5.41) is 3.43. The highest BCUT2D eigenvalue weighted by Gasteiger charge is 2.34. The van der Waals surface area contributed by atoms with Crippen LogP contribution in [-0.4, -0.2) is 50.9 Å². The number of carbonyl (C=O) groups is 1. The number of rotatable bonds is 5. The van der Waals surface area contributed by atoms with E-state index in [1.54, 1.807) is 54.6 Å². The van der Waals surface area contributed by atoms with Gasteiger partial charge < -0.3 is 10.2 Å². The van der Waals surface area contributed by atoms with Gasteiger partial charge in [0.05, 0.1) is 31.1 Å². The molecule has 1 amide bonds. The van der Waals surface area contributed by atoms with Gasteiger partial charge in [-0.15, -0.1) is 0 Å². The third kappa shape index (κ3) is 4.68. The lowest BCUT2D eigenvalue weighted by molar-refractivity contribution is -0.917. The largest absolute Gasteiger partial charge is 0.323 e. The van der Waals surface area contributed by atoms with Crippen molar-refractivity contribution in [1.82, 2.24) is 4.31 Å². The Bertz CT molecular complexity index is 897. The number of piperazine rings is 1. The summed E-state index contributed by atoms with van der Waals surface area (Å²) >= 11 is 5.95. The van der Waals surface area contributed by atoms with Crippen molar-refractivity contribution in [3.8, 4) is 0 Å². The van der Waals surface area contributed by atoms with Crippen molar-refractivity contribution in [3.63, 3.8) is 0 Å². The summed E-state index contributed by atoms with van der Waals surface area (Å²) in [5.41, 5.74) is 0.657. The van der Waals surface area contributed by atoms with Crippen LogP contribution < -0.4 is 10.2 Å². The smallest absolute Gasteiger partial charge is 0.282 e. The van der Waals surface area contributed by atoms with E-state index in [0.29, 0.717) is 41.8 Å². The molecule has 0 bridgehead atoms. The van der Waals surface area contributed by atoms with Gasteiger partial charge in [-0.05, 0) is 37.3 Å². The average Bonchev–Trinajstić information content (AvgIpc) is 2.68. The van der Waals surface area contributed by atoms with Crippen LogP contribution >= 0.6 is 11.6 Å². The number of halogens is 1. The zero-order chi connectivity index (χ0) is 19.4. The summed E-state index contributed by atoms with van der Waals surface area (Å²) < 4.78 is 26.9. The fraction of sp³-hybridized carbons (Fsp3) is 0.316. The summed E-state index contributed by atoms with van der Waals surface area (Å²) in [6, 6.07) is 15.2. The zero-order valence-corrected chi connectivity index (χ0v) is 16.6. The molecule has 27 heavy (non-hydrogen) atoms. The summed E-state index contributed by atoms with van der Waals surface area (Å²) in [5.74, 6) is -0.105. The first kappa shape index (κ1) is 19.8. The van der Waals surface area contributed by atoms with Crippen LogP contribution in [0.25, 0.3) is 0 Å². The summed E-state index contributed by atoms with van der Waals surface area (Å²) in [6.45, 7) is 3.80. The normalized spacial score (nSPS) is 17.4. The predicted octanol–water partition coefficient (Wildman–Crippen LogP) is 1.26. The maximum atomic E-state index is 12.7. The first-order chi connectivity index (χ1) is 12.9. The van der Waals surface area contributed by atoms with E-state index in [1.807, 2.05) is 6.92 Å². The number of nitrogens with one attached hydrogen (secondary N) is 2. The molecule has 0 aliphatic carbocycles. The second kappa shape index (κ2) is 8.39. The van der Waals surface area contributed by atoms with E-state index in [-0.39, 0.29) is 11.9 Å². The van der Waals surface area contributed by atoms with Crippen molar-refractivity contribution in [3.05, 3.63) is 59.6 Å². The molecule has 1 aliphatic rings. The van der Waals surface area contributed by atoms with Crippen LogP contribution in [0.15, 0.2) is 59.5 Å². The second-order valence-corrected chi connectivity index (χ2v) is 8.97. The van der Waals surface area contributed by atoms with E-state index < -0.39 is 10.0 Å². The van der Waals surface area contributed by atoms with Gasteiger partial charge in [-0.3, -0.25) is 4.79 Å². The Morgan fingerprint density at radius 1 is 1.11 bits per heavy atom. The molecule has 0 aromatic heterocycles. The van der Waals surface area contributed by atoms with E-state index >= 15 is 0 Å². The van der Waals surface area contributed by atoms with Crippen LogP contribution in [-0.2, 0) is 14.8 Å². The van der Waals surface area contributed by atoms with Gasteiger partial charge in [-0.25, -0.2) is 8.42 Å². The Morgan fingerprint density at radius 2 is 1.78 bits per heavy atom. The SMILES string of the molecule is C[C@H](C(=O)Nc1cccc(Cl)c1)[NH+]1CCN(S(=O)(=O)c2ccccc2)CC1. The van der Waals surface area contributed by atoms with Crippen LogP contribution in [0.5, 0.6) is 0 Å². The summed E-state index contributed by atoms with van der Waals surface area (Å²) in [4.78, 5) is 13.9. The number of benzene rings is 2. The minimum Gasteiger partial charge on any atom is -0.323 e. The number of quaternary nitrogens is 1. The van der Waals surface area contributed by atoms with Gasteiger partial charge in [0.25, 0.3) is 5.91 Å². The van der Waals surface area contributed by atoms with Gasteiger partial charge >= 0.3 is 0 Å². The molecule has 0 spiro atoms. The van der Waals surface area contributed by atoms with Crippen LogP contribution in [0.2, 0.25) is 5.02 Å². The molecular weight excluding hydrogens is 386 g/mol. The van der Waals surface area contributed by atoms with E-state index in [9.17, 15) is 13.2 Å². The lowest BCUT2D eigenvalue weighted by Crippen LogP contribution is -3.19. The number of carbonyl (C=O) groups excluding carboxylic acids is 1. The number of hydrogen-bond acceptors (Lipinski definition) is 3. The van der Waals surface area contributed by atoms with Gasteiger partial charge in [0.1, 0.15) is 0 Å². The molecule has 8 heteroatoms. The average molecular weight is 409 g/mol.